The fourth-order valence-electron chi connectivity index (χ4n) is 2.19. The first-order chi connectivity index (χ1) is 8.06. The Hall–Kier alpha value is -0.510. The Morgan fingerprint density at radius 2 is 2.12 bits per heavy atom. The zero-order valence-corrected chi connectivity index (χ0v) is 12.1. The van der Waals surface area contributed by atoms with Gasteiger partial charge in [-0.3, -0.25) is 4.90 Å². The number of nitrogens with two attached hydrogens (primary N) is 1. The van der Waals surface area contributed by atoms with Crippen molar-refractivity contribution in [2.24, 2.45) is 5.73 Å². The molecule has 0 aliphatic carbocycles. The highest BCUT2D eigenvalue weighted by atomic mass is 32.2. The number of likely N-dealkylation sites (N-methyl/N-ethyl adjacent to an activating group) is 1. The van der Waals surface area contributed by atoms with Crippen LogP contribution in [0.3, 0.4) is 0 Å². The number of aryl methyl sites for hydroxylation is 1. The molecule has 1 aromatic rings. The van der Waals surface area contributed by atoms with Crippen molar-refractivity contribution in [3.05, 3.63) is 35.4 Å². The van der Waals surface area contributed by atoms with Gasteiger partial charge in [-0.05, 0) is 32.7 Å². The van der Waals surface area contributed by atoms with E-state index in [0.29, 0.717) is 6.04 Å². The maximum absolute atomic E-state index is 6.14. The third-order valence-electron chi connectivity index (χ3n) is 3.00. The van der Waals surface area contributed by atoms with E-state index in [4.69, 9.17) is 5.73 Å². The van der Waals surface area contributed by atoms with Gasteiger partial charge in [0.2, 0.25) is 0 Å². The Balaban J connectivity index is 2.85. The van der Waals surface area contributed by atoms with Crippen LogP contribution in [-0.4, -0.2) is 36.5 Å². The van der Waals surface area contributed by atoms with Crippen molar-refractivity contribution in [1.82, 2.24) is 4.90 Å². The Morgan fingerprint density at radius 3 is 2.65 bits per heavy atom. The number of thioether (sulfide) groups is 1. The summed E-state index contributed by atoms with van der Waals surface area (Å²) < 4.78 is 0. The SMILES string of the molecule is CSCCN(C)C(c1cccc(C)c1)C(C)N. The summed E-state index contributed by atoms with van der Waals surface area (Å²) in [4.78, 5) is 2.36. The summed E-state index contributed by atoms with van der Waals surface area (Å²) in [6, 6.07) is 9.11. The maximum atomic E-state index is 6.14. The lowest BCUT2D eigenvalue weighted by Crippen LogP contribution is -2.38. The van der Waals surface area contributed by atoms with Crippen molar-refractivity contribution in [3.8, 4) is 0 Å². The molecule has 0 radical (unpaired) electrons. The molecule has 0 amide bonds. The third-order valence-corrected chi connectivity index (χ3v) is 3.60. The highest BCUT2D eigenvalue weighted by Gasteiger charge is 2.20. The van der Waals surface area contributed by atoms with Crippen molar-refractivity contribution < 1.29 is 0 Å². The van der Waals surface area contributed by atoms with Gasteiger partial charge in [0.1, 0.15) is 0 Å². The summed E-state index contributed by atoms with van der Waals surface area (Å²) in [5.74, 6) is 1.14. The van der Waals surface area contributed by atoms with E-state index in [1.807, 2.05) is 11.8 Å². The highest BCUT2D eigenvalue weighted by Crippen LogP contribution is 2.23. The summed E-state index contributed by atoms with van der Waals surface area (Å²) in [7, 11) is 2.16. The van der Waals surface area contributed by atoms with Crippen LogP contribution < -0.4 is 5.73 Å². The van der Waals surface area contributed by atoms with Gasteiger partial charge >= 0.3 is 0 Å². The number of nitrogens with zero attached hydrogens (tertiary/aromatic N) is 1. The van der Waals surface area contributed by atoms with Crippen LogP contribution in [0, 0.1) is 6.92 Å². The average Bonchev–Trinajstić information content (AvgIpc) is 2.26. The van der Waals surface area contributed by atoms with E-state index >= 15 is 0 Å². The minimum Gasteiger partial charge on any atom is -0.326 e. The van der Waals surface area contributed by atoms with Gasteiger partial charge in [-0.2, -0.15) is 11.8 Å². The van der Waals surface area contributed by atoms with Crippen LogP contribution in [-0.2, 0) is 0 Å². The van der Waals surface area contributed by atoms with Gasteiger partial charge in [0.25, 0.3) is 0 Å². The Labute approximate surface area is 110 Å². The van der Waals surface area contributed by atoms with Crippen molar-refractivity contribution >= 4 is 11.8 Å². The van der Waals surface area contributed by atoms with Gasteiger partial charge in [0.15, 0.2) is 0 Å². The van der Waals surface area contributed by atoms with E-state index in [-0.39, 0.29) is 6.04 Å². The number of benzene rings is 1. The lowest BCUT2D eigenvalue weighted by Gasteiger charge is -2.31. The molecule has 1 rings (SSSR count). The average molecular weight is 252 g/mol. The summed E-state index contributed by atoms with van der Waals surface area (Å²) in [5, 5.41) is 0. The van der Waals surface area contributed by atoms with Crippen LogP contribution >= 0.6 is 11.8 Å². The molecule has 0 aliphatic heterocycles. The summed E-state index contributed by atoms with van der Waals surface area (Å²) in [6.07, 6.45) is 2.14. The molecule has 2 nitrogen and oxygen atoms in total. The van der Waals surface area contributed by atoms with Crippen molar-refractivity contribution in [3.63, 3.8) is 0 Å². The monoisotopic (exact) mass is 252 g/mol. The number of hydrogen-bond donors (Lipinski definition) is 1. The largest absolute Gasteiger partial charge is 0.326 e. The van der Waals surface area contributed by atoms with Gasteiger partial charge in [0, 0.05) is 24.4 Å². The molecule has 0 saturated heterocycles. The Kier molecular flexibility index (Phi) is 6.03. The van der Waals surface area contributed by atoms with Crippen molar-refractivity contribution in [1.29, 1.82) is 0 Å². The second-order valence-corrected chi connectivity index (χ2v) is 5.68. The van der Waals surface area contributed by atoms with E-state index in [9.17, 15) is 0 Å². The smallest absolute Gasteiger partial charge is 0.0494 e. The summed E-state index contributed by atoms with van der Waals surface area (Å²) >= 11 is 1.87. The first-order valence-electron chi connectivity index (χ1n) is 6.07. The molecule has 96 valence electrons. The molecule has 0 heterocycles. The molecule has 17 heavy (non-hydrogen) atoms. The predicted octanol–water partition coefficient (Wildman–Crippen LogP) is 2.68. The van der Waals surface area contributed by atoms with Crippen LogP contribution in [0.5, 0.6) is 0 Å². The maximum Gasteiger partial charge on any atom is 0.0494 e. The Morgan fingerprint density at radius 1 is 1.41 bits per heavy atom. The molecule has 2 unspecified atom stereocenters. The standard InChI is InChI=1S/C14H24N2S/c1-11-6-5-7-13(10-11)14(12(2)15)16(3)8-9-17-4/h5-7,10,12,14H,8-9,15H2,1-4H3. The summed E-state index contributed by atoms with van der Waals surface area (Å²) in [6.45, 7) is 5.29. The van der Waals surface area contributed by atoms with Gasteiger partial charge in [-0.25, -0.2) is 0 Å². The van der Waals surface area contributed by atoms with Crippen LogP contribution in [0.2, 0.25) is 0 Å². The van der Waals surface area contributed by atoms with E-state index < -0.39 is 0 Å². The minimum absolute atomic E-state index is 0.142. The molecule has 0 aromatic heterocycles. The molecule has 2 N–H and O–H groups in total. The van der Waals surface area contributed by atoms with E-state index in [1.54, 1.807) is 0 Å². The lowest BCUT2D eigenvalue weighted by molar-refractivity contribution is 0.232. The fraction of sp³-hybridized carbons (Fsp3) is 0.571. The van der Waals surface area contributed by atoms with Crippen molar-refractivity contribution in [2.45, 2.75) is 25.9 Å². The summed E-state index contributed by atoms with van der Waals surface area (Å²) in [5.41, 5.74) is 8.76. The number of rotatable bonds is 6. The third kappa shape index (κ3) is 4.34. The second-order valence-electron chi connectivity index (χ2n) is 4.69. The molecule has 2 atom stereocenters. The topological polar surface area (TPSA) is 29.3 Å². The van der Waals surface area contributed by atoms with Gasteiger partial charge in [-0.15, -0.1) is 0 Å². The zero-order chi connectivity index (χ0) is 12.8. The molecular weight excluding hydrogens is 228 g/mol. The Bertz CT molecular complexity index is 339. The first kappa shape index (κ1) is 14.6. The molecule has 1 aromatic carbocycles. The van der Waals surface area contributed by atoms with Gasteiger partial charge in [-0.1, -0.05) is 29.8 Å². The minimum atomic E-state index is 0.142. The van der Waals surface area contributed by atoms with E-state index in [0.717, 1.165) is 12.3 Å². The number of hydrogen-bond acceptors (Lipinski definition) is 3. The van der Waals surface area contributed by atoms with Crippen LogP contribution in [0.4, 0.5) is 0 Å². The van der Waals surface area contributed by atoms with Crippen LogP contribution in [0.15, 0.2) is 24.3 Å². The quantitative estimate of drug-likeness (QED) is 0.844. The zero-order valence-electron chi connectivity index (χ0n) is 11.3. The van der Waals surface area contributed by atoms with Crippen LogP contribution in [0.1, 0.15) is 24.1 Å². The molecule has 0 spiro atoms. The first-order valence-corrected chi connectivity index (χ1v) is 7.47. The molecule has 0 fully saturated rings. The molecule has 0 bridgehead atoms. The normalized spacial score (nSPS) is 14.9. The van der Waals surface area contributed by atoms with E-state index in [1.165, 1.54) is 11.1 Å². The lowest BCUT2D eigenvalue weighted by atomic mass is 9.98. The highest BCUT2D eigenvalue weighted by molar-refractivity contribution is 7.98. The second kappa shape index (κ2) is 7.04. The molecule has 3 heteroatoms. The van der Waals surface area contributed by atoms with Gasteiger partial charge < -0.3 is 5.73 Å². The molecule has 0 aliphatic rings. The predicted molar refractivity (Wildman–Crippen MR) is 78.6 cm³/mol. The van der Waals surface area contributed by atoms with Crippen LogP contribution in [0.25, 0.3) is 0 Å². The molecule has 0 saturated carbocycles. The van der Waals surface area contributed by atoms with E-state index in [2.05, 4.69) is 56.3 Å². The van der Waals surface area contributed by atoms with Crippen molar-refractivity contribution in [2.75, 3.05) is 25.6 Å². The van der Waals surface area contributed by atoms with Gasteiger partial charge in [0.05, 0.1) is 0 Å². The fourth-order valence-corrected chi connectivity index (χ4v) is 2.66. The molecular formula is C14H24N2S.